The van der Waals surface area contributed by atoms with Crippen molar-refractivity contribution in [2.75, 3.05) is 6.54 Å². The highest BCUT2D eigenvalue weighted by molar-refractivity contribution is 5.79. The molecule has 2 N–H and O–H groups in total. The van der Waals surface area contributed by atoms with E-state index in [0.29, 0.717) is 29.6 Å². The molecular formula is C34H59NO2. The van der Waals surface area contributed by atoms with Gasteiger partial charge in [-0.25, -0.2) is 0 Å². The quantitative estimate of drug-likeness (QED) is 0.215. The molecule has 0 aromatic carbocycles. The second-order valence-electron chi connectivity index (χ2n) is 14.7. The van der Waals surface area contributed by atoms with Crippen molar-refractivity contribution in [3.05, 3.63) is 11.6 Å². The highest BCUT2D eigenvalue weighted by Gasteiger charge is 2.62. The summed E-state index contributed by atoms with van der Waals surface area (Å²) in [6.07, 6.45) is 18.9. The van der Waals surface area contributed by atoms with Crippen LogP contribution in [-0.2, 0) is 4.79 Å². The average molecular weight is 514 g/mol. The number of hydrogen-bond donors (Lipinski definition) is 2. The third-order valence-electron chi connectivity index (χ3n) is 11.9. The molecule has 4 aliphatic carbocycles. The molecule has 212 valence electrons. The minimum Gasteiger partial charge on any atom is -0.393 e. The monoisotopic (exact) mass is 513 g/mol. The first kappa shape index (κ1) is 29.2. The lowest BCUT2D eigenvalue weighted by atomic mass is 9.47. The van der Waals surface area contributed by atoms with Gasteiger partial charge in [0.2, 0.25) is 5.91 Å². The summed E-state index contributed by atoms with van der Waals surface area (Å²) in [4.78, 5) is 13.8. The van der Waals surface area contributed by atoms with Gasteiger partial charge in [0.25, 0.3) is 0 Å². The first-order chi connectivity index (χ1) is 17.6. The normalized spacial score (nSPS) is 39.9. The Morgan fingerprint density at radius 2 is 1.84 bits per heavy atom. The molecule has 3 nitrogen and oxygen atoms in total. The lowest BCUT2D eigenvalue weighted by Crippen LogP contribution is -2.51. The van der Waals surface area contributed by atoms with Crippen molar-refractivity contribution < 1.29 is 9.90 Å². The van der Waals surface area contributed by atoms with Crippen molar-refractivity contribution >= 4 is 5.91 Å². The van der Waals surface area contributed by atoms with Gasteiger partial charge in [-0.15, -0.1) is 0 Å². The zero-order chi connectivity index (χ0) is 26.8. The van der Waals surface area contributed by atoms with Gasteiger partial charge in [-0.1, -0.05) is 91.7 Å². The van der Waals surface area contributed by atoms with Crippen LogP contribution in [0.5, 0.6) is 0 Å². The van der Waals surface area contributed by atoms with Gasteiger partial charge in [-0.3, -0.25) is 4.79 Å². The van der Waals surface area contributed by atoms with Gasteiger partial charge >= 0.3 is 0 Å². The van der Waals surface area contributed by atoms with Crippen LogP contribution in [0, 0.1) is 52.3 Å². The summed E-state index contributed by atoms with van der Waals surface area (Å²) < 4.78 is 0. The van der Waals surface area contributed by atoms with Gasteiger partial charge in [-0.2, -0.15) is 0 Å². The van der Waals surface area contributed by atoms with Crippen LogP contribution in [0.3, 0.4) is 0 Å². The van der Waals surface area contributed by atoms with E-state index in [1.165, 1.54) is 57.8 Å². The predicted molar refractivity (Wildman–Crippen MR) is 155 cm³/mol. The lowest BCUT2D eigenvalue weighted by Gasteiger charge is -2.58. The maximum atomic E-state index is 13.8. The summed E-state index contributed by atoms with van der Waals surface area (Å²) in [7, 11) is 0. The zero-order valence-electron chi connectivity index (χ0n) is 25.2. The second-order valence-corrected chi connectivity index (χ2v) is 14.7. The molecule has 3 fully saturated rings. The van der Waals surface area contributed by atoms with Crippen LogP contribution >= 0.6 is 0 Å². The third-order valence-corrected chi connectivity index (χ3v) is 11.9. The van der Waals surface area contributed by atoms with E-state index in [4.69, 9.17) is 0 Å². The van der Waals surface area contributed by atoms with Gasteiger partial charge < -0.3 is 10.4 Å². The van der Waals surface area contributed by atoms with Gasteiger partial charge in [0, 0.05) is 12.5 Å². The van der Waals surface area contributed by atoms with E-state index in [1.54, 1.807) is 5.57 Å². The van der Waals surface area contributed by atoms with Crippen LogP contribution in [0.25, 0.3) is 0 Å². The van der Waals surface area contributed by atoms with Crippen LogP contribution in [0.2, 0.25) is 0 Å². The van der Waals surface area contributed by atoms with Crippen LogP contribution in [-0.4, -0.2) is 23.7 Å². The Bertz CT molecular complexity index is 804. The number of carbonyl (C=O) groups is 1. The number of rotatable bonds is 11. The van der Waals surface area contributed by atoms with Crippen molar-refractivity contribution in [1.29, 1.82) is 0 Å². The number of unbranched alkanes of at least 4 members (excludes halogenated alkanes) is 3. The number of fused-ring (bicyclic) bond motifs is 5. The molecule has 0 bridgehead atoms. The van der Waals surface area contributed by atoms with Gasteiger partial charge in [0.1, 0.15) is 0 Å². The van der Waals surface area contributed by atoms with E-state index in [0.717, 1.165) is 50.5 Å². The highest BCUT2D eigenvalue weighted by atomic mass is 16.3. The lowest BCUT2D eigenvalue weighted by molar-refractivity contribution is -0.128. The molecule has 9 atom stereocenters. The number of allylic oxidation sites excluding steroid dienone is 1. The molecule has 0 radical (unpaired) electrons. The van der Waals surface area contributed by atoms with Gasteiger partial charge in [-0.05, 0) is 97.7 Å². The van der Waals surface area contributed by atoms with Gasteiger partial charge in [0.15, 0.2) is 0 Å². The Labute approximate surface area is 229 Å². The first-order valence-electron chi connectivity index (χ1n) is 16.3. The molecule has 0 heterocycles. The predicted octanol–water partition coefficient (Wildman–Crippen LogP) is 8.31. The molecule has 0 aromatic heterocycles. The molecule has 1 amide bonds. The van der Waals surface area contributed by atoms with E-state index < -0.39 is 0 Å². The maximum Gasteiger partial charge on any atom is 0.223 e. The number of nitrogens with one attached hydrogen (secondary N) is 1. The number of aliphatic hydroxyl groups is 1. The van der Waals surface area contributed by atoms with Crippen molar-refractivity contribution in [1.82, 2.24) is 5.32 Å². The summed E-state index contributed by atoms with van der Waals surface area (Å²) in [6.45, 7) is 15.4. The summed E-state index contributed by atoms with van der Waals surface area (Å²) in [5.74, 6) is 4.50. The van der Waals surface area contributed by atoms with E-state index >= 15 is 0 Å². The number of carbonyl (C=O) groups excluding carboxylic acids is 1. The molecule has 4 aliphatic rings. The van der Waals surface area contributed by atoms with Crippen LogP contribution < -0.4 is 5.32 Å². The SMILES string of the molecule is CCCCCCNC(=O)C1C[C@H]2[C@@H]3CC=C4C[C@@H](O)CC[C@]4(C)[C@H]3CC[C@]2(C)[C@H]1[C@H](C)CCCC(C)C. The topological polar surface area (TPSA) is 49.3 Å². The van der Waals surface area contributed by atoms with E-state index in [9.17, 15) is 9.90 Å². The second kappa shape index (κ2) is 12.1. The first-order valence-corrected chi connectivity index (χ1v) is 16.3. The number of amides is 1. The molecule has 0 spiro atoms. The molecule has 0 aromatic rings. The standard InChI is InChI=1S/C34H59NO2/c1-7-8-9-10-20-35-32(37)28-22-30-27-15-14-25-21-26(36)16-18-33(25,5)29(27)17-19-34(30,6)31(28)24(4)13-11-12-23(2)3/h14,23-24,26-31,36H,7-13,15-22H2,1-6H3,(H,35,37)/t24-,26+,27-,28?,29+,30+,31+,33+,34+/m1/s1. The molecule has 1 unspecified atom stereocenters. The Hall–Kier alpha value is -0.830. The fraction of sp³-hybridized carbons (Fsp3) is 0.912. The highest BCUT2D eigenvalue weighted by Crippen LogP contribution is 2.68. The summed E-state index contributed by atoms with van der Waals surface area (Å²) in [5.41, 5.74) is 2.09. The smallest absolute Gasteiger partial charge is 0.223 e. The fourth-order valence-corrected chi connectivity index (χ4v) is 9.97. The van der Waals surface area contributed by atoms with Crippen LogP contribution in [0.4, 0.5) is 0 Å². The molecule has 4 rings (SSSR count). The summed E-state index contributed by atoms with van der Waals surface area (Å²) in [6, 6.07) is 0. The van der Waals surface area contributed by atoms with Crippen molar-refractivity contribution in [2.45, 2.75) is 138 Å². The maximum absolute atomic E-state index is 13.8. The molecule has 3 saturated carbocycles. The molecule has 0 aliphatic heterocycles. The van der Waals surface area contributed by atoms with Crippen molar-refractivity contribution in [3.8, 4) is 0 Å². The Morgan fingerprint density at radius 3 is 2.57 bits per heavy atom. The Balaban J connectivity index is 1.55. The van der Waals surface area contributed by atoms with Crippen molar-refractivity contribution in [2.24, 2.45) is 52.3 Å². The molecule has 0 saturated heterocycles. The number of hydrogen-bond acceptors (Lipinski definition) is 2. The zero-order valence-corrected chi connectivity index (χ0v) is 25.2. The van der Waals surface area contributed by atoms with E-state index in [2.05, 4.69) is 52.9 Å². The summed E-state index contributed by atoms with van der Waals surface area (Å²) in [5, 5.41) is 13.8. The third kappa shape index (κ3) is 5.87. The van der Waals surface area contributed by atoms with Crippen LogP contribution in [0.15, 0.2) is 11.6 Å². The Morgan fingerprint density at radius 1 is 1.05 bits per heavy atom. The van der Waals surface area contributed by atoms with Crippen LogP contribution in [0.1, 0.15) is 131 Å². The van der Waals surface area contributed by atoms with E-state index in [1.807, 2.05) is 0 Å². The molecule has 37 heavy (non-hydrogen) atoms. The molecule has 3 heteroatoms. The largest absolute Gasteiger partial charge is 0.393 e. The fourth-order valence-electron chi connectivity index (χ4n) is 9.97. The minimum atomic E-state index is -0.141. The van der Waals surface area contributed by atoms with E-state index in [-0.39, 0.29) is 22.9 Å². The minimum absolute atomic E-state index is 0.141. The summed E-state index contributed by atoms with van der Waals surface area (Å²) >= 11 is 0. The Kier molecular flexibility index (Phi) is 9.56. The number of aliphatic hydroxyl groups excluding tert-OH is 1. The van der Waals surface area contributed by atoms with Crippen molar-refractivity contribution in [3.63, 3.8) is 0 Å². The molecular weight excluding hydrogens is 454 g/mol. The van der Waals surface area contributed by atoms with Gasteiger partial charge in [0.05, 0.1) is 6.10 Å². The average Bonchev–Trinajstić information content (AvgIpc) is 3.17.